The molecule has 0 radical (unpaired) electrons. The quantitative estimate of drug-likeness (QED) is 0.754. The molecular formula is C13H13FN2. The van der Waals surface area contributed by atoms with Crippen molar-refractivity contribution in [1.29, 1.82) is 0 Å². The van der Waals surface area contributed by atoms with E-state index in [0.29, 0.717) is 17.1 Å². The summed E-state index contributed by atoms with van der Waals surface area (Å²) >= 11 is 0. The fourth-order valence-electron chi connectivity index (χ4n) is 1.49. The van der Waals surface area contributed by atoms with Gasteiger partial charge in [0.15, 0.2) is 0 Å². The summed E-state index contributed by atoms with van der Waals surface area (Å²) in [6, 6.07) is 12.2. The molecule has 2 nitrogen and oxygen atoms in total. The largest absolute Gasteiger partial charge is 0.397 e. The Morgan fingerprint density at radius 1 is 1.06 bits per heavy atom. The van der Waals surface area contributed by atoms with E-state index < -0.39 is 0 Å². The highest BCUT2D eigenvalue weighted by molar-refractivity contribution is 5.72. The molecular weight excluding hydrogens is 203 g/mol. The van der Waals surface area contributed by atoms with Gasteiger partial charge in [-0.3, -0.25) is 0 Å². The Hall–Kier alpha value is -2.03. The van der Waals surface area contributed by atoms with Gasteiger partial charge in [-0.25, -0.2) is 4.39 Å². The molecule has 0 atom stereocenters. The Labute approximate surface area is 93.9 Å². The van der Waals surface area contributed by atoms with Crippen molar-refractivity contribution in [2.24, 2.45) is 0 Å². The summed E-state index contributed by atoms with van der Waals surface area (Å²) in [6.45, 7) is 1.92. The molecule has 0 aliphatic carbocycles. The minimum Gasteiger partial charge on any atom is -0.397 e. The molecule has 0 aromatic heterocycles. The summed E-state index contributed by atoms with van der Waals surface area (Å²) < 4.78 is 13.5. The molecule has 0 fully saturated rings. The first-order chi connectivity index (χ1) is 7.66. The third-order valence-electron chi connectivity index (χ3n) is 2.35. The van der Waals surface area contributed by atoms with Crippen molar-refractivity contribution >= 4 is 17.1 Å². The number of rotatable bonds is 2. The van der Waals surface area contributed by atoms with Crippen LogP contribution in [0.15, 0.2) is 42.5 Å². The van der Waals surface area contributed by atoms with Gasteiger partial charge in [-0.05, 0) is 36.8 Å². The lowest BCUT2D eigenvalue weighted by Gasteiger charge is -2.10. The first kappa shape index (κ1) is 10.5. The smallest absolute Gasteiger partial charge is 0.146 e. The fourth-order valence-corrected chi connectivity index (χ4v) is 1.49. The monoisotopic (exact) mass is 216 g/mol. The highest BCUT2D eigenvalue weighted by Crippen LogP contribution is 2.24. The Morgan fingerprint density at radius 2 is 1.81 bits per heavy atom. The van der Waals surface area contributed by atoms with Crippen LogP contribution in [0, 0.1) is 12.7 Å². The van der Waals surface area contributed by atoms with Crippen LogP contribution in [-0.2, 0) is 0 Å². The van der Waals surface area contributed by atoms with E-state index in [-0.39, 0.29) is 5.82 Å². The van der Waals surface area contributed by atoms with Gasteiger partial charge in [0.2, 0.25) is 0 Å². The molecule has 3 N–H and O–H groups in total. The second-order valence-corrected chi connectivity index (χ2v) is 3.70. The zero-order valence-electron chi connectivity index (χ0n) is 9.00. The lowest BCUT2D eigenvalue weighted by molar-refractivity contribution is 0.631. The van der Waals surface area contributed by atoms with Gasteiger partial charge < -0.3 is 11.1 Å². The molecule has 0 bridgehead atoms. The molecule has 0 heterocycles. The van der Waals surface area contributed by atoms with Crippen molar-refractivity contribution in [3.63, 3.8) is 0 Å². The van der Waals surface area contributed by atoms with Crippen molar-refractivity contribution in [3.05, 3.63) is 53.8 Å². The number of halogens is 1. The van der Waals surface area contributed by atoms with Gasteiger partial charge in [-0.15, -0.1) is 0 Å². The molecule has 0 aliphatic heterocycles. The standard InChI is InChI=1S/C13H13FN2/c1-9-6-7-10(14)13(8-9)16-12-5-3-2-4-11(12)15/h2-8,16H,15H2,1H3. The molecule has 2 rings (SSSR count). The van der Waals surface area contributed by atoms with Crippen molar-refractivity contribution < 1.29 is 4.39 Å². The van der Waals surface area contributed by atoms with E-state index in [4.69, 9.17) is 5.73 Å². The fraction of sp³-hybridized carbons (Fsp3) is 0.0769. The van der Waals surface area contributed by atoms with Crippen LogP contribution in [-0.4, -0.2) is 0 Å². The average molecular weight is 216 g/mol. The van der Waals surface area contributed by atoms with Crippen LogP contribution >= 0.6 is 0 Å². The molecule has 16 heavy (non-hydrogen) atoms. The Morgan fingerprint density at radius 3 is 2.56 bits per heavy atom. The number of benzene rings is 2. The van der Waals surface area contributed by atoms with Gasteiger partial charge >= 0.3 is 0 Å². The van der Waals surface area contributed by atoms with Gasteiger partial charge in [0.25, 0.3) is 0 Å². The molecule has 0 aliphatic rings. The first-order valence-electron chi connectivity index (χ1n) is 5.04. The topological polar surface area (TPSA) is 38.0 Å². The zero-order chi connectivity index (χ0) is 11.5. The summed E-state index contributed by atoms with van der Waals surface area (Å²) in [5.41, 5.74) is 8.53. The minimum absolute atomic E-state index is 0.283. The Balaban J connectivity index is 2.34. The minimum atomic E-state index is -0.283. The predicted molar refractivity (Wildman–Crippen MR) is 65.3 cm³/mol. The van der Waals surface area contributed by atoms with E-state index in [2.05, 4.69) is 5.32 Å². The lowest BCUT2D eigenvalue weighted by Crippen LogP contribution is -1.98. The maximum absolute atomic E-state index is 13.5. The van der Waals surface area contributed by atoms with E-state index in [0.717, 1.165) is 5.56 Å². The lowest BCUT2D eigenvalue weighted by atomic mass is 10.2. The van der Waals surface area contributed by atoms with E-state index in [1.165, 1.54) is 6.07 Å². The summed E-state index contributed by atoms with van der Waals surface area (Å²) in [5, 5.41) is 2.98. The van der Waals surface area contributed by atoms with E-state index in [1.807, 2.05) is 25.1 Å². The number of hydrogen-bond donors (Lipinski definition) is 2. The number of aryl methyl sites for hydroxylation is 1. The maximum Gasteiger partial charge on any atom is 0.146 e. The summed E-state index contributed by atoms with van der Waals surface area (Å²) in [5.74, 6) is -0.283. The van der Waals surface area contributed by atoms with Crippen LogP contribution in [0.4, 0.5) is 21.5 Å². The highest BCUT2D eigenvalue weighted by Gasteiger charge is 2.04. The zero-order valence-corrected chi connectivity index (χ0v) is 9.00. The Bertz CT molecular complexity index is 509. The molecule has 0 saturated heterocycles. The second-order valence-electron chi connectivity index (χ2n) is 3.70. The average Bonchev–Trinajstić information content (AvgIpc) is 2.27. The van der Waals surface area contributed by atoms with Gasteiger partial charge in [0.05, 0.1) is 17.1 Å². The van der Waals surface area contributed by atoms with Gasteiger partial charge in [-0.2, -0.15) is 0 Å². The van der Waals surface area contributed by atoms with Gasteiger partial charge in [0.1, 0.15) is 5.82 Å². The number of hydrogen-bond acceptors (Lipinski definition) is 2. The molecule has 0 saturated carbocycles. The maximum atomic E-state index is 13.5. The SMILES string of the molecule is Cc1ccc(F)c(Nc2ccccc2N)c1. The third kappa shape index (κ3) is 2.14. The third-order valence-corrected chi connectivity index (χ3v) is 2.35. The highest BCUT2D eigenvalue weighted by atomic mass is 19.1. The van der Waals surface area contributed by atoms with Gasteiger partial charge in [-0.1, -0.05) is 18.2 Å². The van der Waals surface area contributed by atoms with Crippen LogP contribution < -0.4 is 11.1 Å². The van der Waals surface area contributed by atoms with E-state index in [1.54, 1.807) is 18.2 Å². The van der Waals surface area contributed by atoms with E-state index in [9.17, 15) is 4.39 Å². The number of nitrogens with two attached hydrogens (primary N) is 1. The van der Waals surface area contributed by atoms with E-state index >= 15 is 0 Å². The second kappa shape index (κ2) is 4.23. The number of nitrogen functional groups attached to an aromatic ring is 1. The number of anilines is 3. The summed E-state index contributed by atoms with van der Waals surface area (Å²) in [6.07, 6.45) is 0. The van der Waals surface area contributed by atoms with Crippen LogP contribution in [0.1, 0.15) is 5.56 Å². The Kier molecular flexibility index (Phi) is 2.77. The van der Waals surface area contributed by atoms with Gasteiger partial charge in [0, 0.05) is 0 Å². The number of para-hydroxylation sites is 2. The molecule has 2 aromatic rings. The molecule has 82 valence electrons. The normalized spacial score (nSPS) is 10.1. The number of nitrogens with one attached hydrogen (secondary N) is 1. The van der Waals surface area contributed by atoms with Crippen LogP contribution in [0.5, 0.6) is 0 Å². The van der Waals surface area contributed by atoms with Crippen molar-refractivity contribution in [3.8, 4) is 0 Å². The van der Waals surface area contributed by atoms with Crippen LogP contribution in [0.25, 0.3) is 0 Å². The van der Waals surface area contributed by atoms with Crippen LogP contribution in [0.2, 0.25) is 0 Å². The summed E-state index contributed by atoms with van der Waals surface area (Å²) in [4.78, 5) is 0. The van der Waals surface area contributed by atoms with Crippen LogP contribution in [0.3, 0.4) is 0 Å². The predicted octanol–water partition coefficient (Wildman–Crippen LogP) is 3.46. The van der Waals surface area contributed by atoms with Crippen molar-refractivity contribution in [2.45, 2.75) is 6.92 Å². The molecule has 3 heteroatoms. The summed E-state index contributed by atoms with van der Waals surface area (Å²) in [7, 11) is 0. The molecule has 0 spiro atoms. The molecule has 2 aromatic carbocycles. The molecule has 0 amide bonds. The van der Waals surface area contributed by atoms with Crippen molar-refractivity contribution in [2.75, 3.05) is 11.1 Å². The molecule has 0 unspecified atom stereocenters. The first-order valence-corrected chi connectivity index (χ1v) is 5.04. The van der Waals surface area contributed by atoms with Crippen molar-refractivity contribution in [1.82, 2.24) is 0 Å².